The molecule has 0 aliphatic carbocycles. The summed E-state index contributed by atoms with van der Waals surface area (Å²) in [5.41, 5.74) is 0.868. The van der Waals surface area contributed by atoms with E-state index in [0.717, 1.165) is 6.26 Å². The molecule has 0 unspecified atom stereocenters. The number of aromatic carboxylic acids is 1. The zero-order valence-electron chi connectivity index (χ0n) is 13.0. The molecule has 0 saturated heterocycles. The van der Waals surface area contributed by atoms with Crippen LogP contribution in [0.5, 0.6) is 0 Å². The molecule has 0 bridgehead atoms. The molecule has 8 nitrogen and oxygen atoms in total. The molecule has 1 heterocycles. The van der Waals surface area contributed by atoms with Crippen LogP contribution in [0.4, 0.5) is 5.69 Å². The van der Waals surface area contributed by atoms with Gasteiger partial charge in [0, 0.05) is 18.9 Å². The van der Waals surface area contributed by atoms with Crippen LogP contribution in [0.1, 0.15) is 23.3 Å². The van der Waals surface area contributed by atoms with Gasteiger partial charge in [0.05, 0.1) is 17.1 Å². The molecule has 0 aliphatic heterocycles. The second-order valence-electron chi connectivity index (χ2n) is 5.25. The minimum absolute atomic E-state index is 0.0524. The fourth-order valence-corrected chi connectivity index (χ4v) is 2.73. The monoisotopic (exact) mass is 351 g/mol. The van der Waals surface area contributed by atoms with Crippen molar-refractivity contribution >= 4 is 27.4 Å². The first-order valence-corrected chi connectivity index (χ1v) is 9.18. The summed E-state index contributed by atoms with van der Waals surface area (Å²) >= 11 is 0. The maximum Gasteiger partial charge on any atom is 0.356 e. The maximum atomic E-state index is 12.0. The standard InChI is InChI=1S/C15H17N3O5S/c1-24(22,23)10-4-7-14(19)16-11-5-2-3-6-13(11)18-9-8-12(17-18)15(20)21/h2-3,5-6,8-9H,4,7,10H2,1H3,(H,16,19)(H,20,21). The van der Waals surface area contributed by atoms with Gasteiger partial charge >= 0.3 is 5.97 Å². The number of rotatable bonds is 7. The van der Waals surface area contributed by atoms with Crippen molar-refractivity contribution in [3.05, 3.63) is 42.2 Å². The zero-order valence-corrected chi connectivity index (χ0v) is 13.8. The number of sulfone groups is 1. The second-order valence-corrected chi connectivity index (χ2v) is 7.51. The normalized spacial score (nSPS) is 11.2. The summed E-state index contributed by atoms with van der Waals surface area (Å²) in [7, 11) is -3.10. The molecular formula is C15H17N3O5S. The maximum absolute atomic E-state index is 12.0. The first-order chi connectivity index (χ1) is 11.3. The van der Waals surface area contributed by atoms with Crippen LogP contribution in [-0.4, -0.2) is 47.2 Å². The molecule has 1 aromatic carbocycles. The van der Waals surface area contributed by atoms with Crippen LogP contribution >= 0.6 is 0 Å². The van der Waals surface area contributed by atoms with E-state index in [0.29, 0.717) is 11.4 Å². The summed E-state index contributed by atoms with van der Waals surface area (Å²) in [6.45, 7) is 0. The molecule has 1 amide bonds. The van der Waals surface area contributed by atoms with Gasteiger partial charge in [0.15, 0.2) is 5.69 Å². The molecule has 0 atom stereocenters. The number of aromatic nitrogens is 2. The Bertz CT molecular complexity index is 857. The highest BCUT2D eigenvalue weighted by Crippen LogP contribution is 2.20. The average molecular weight is 351 g/mol. The number of amides is 1. The van der Waals surface area contributed by atoms with E-state index in [-0.39, 0.29) is 30.2 Å². The van der Waals surface area contributed by atoms with Crippen LogP contribution in [-0.2, 0) is 14.6 Å². The van der Waals surface area contributed by atoms with Crippen LogP contribution in [0.3, 0.4) is 0 Å². The predicted octanol–water partition coefficient (Wildman–Crippen LogP) is 1.33. The first-order valence-electron chi connectivity index (χ1n) is 7.12. The molecule has 1 aromatic heterocycles. The number of anilines is 1. The minimum atomic E-state index is -3.10. The van der Waals surface area contributed by atoms with E-state index >= 15 is 0 Å². The Hall–Kier alpha value is -2.68. The summed E-state index contributed by atoms with van der Waals surface area (Å²) in [5.74, 6) is -1.52. The number of carboxylic acids is 1. The highest BCUT2D eigenvalue weighted by Gasteiger charge is 2.12. The van der Waals surface area contributed by atoms with Gasteiger partial charge in [-0.3, -0.25) is 4.79 Å². The van der Waals surface area contributed by atoms with E-state index in [1.165, 1.54) is 16.9 Å². The quantitative estimate of drug-likeness (QED) is 0.777. The van der Waals surface area contributed by atoms with Crippen molar-refractivity contribution in [1.29, 1.82) is 0 Å². The molecule has 0 fully saturated rings. The fraction of sp³-hybridized carbons (Fsp3) is 0.267. The number of para-hydroxylation sites is 2. The van der Waals surface area contributed by atoms with Crippen molar-refractivity contribution in [2.45, 2.75) is 12.8 Å². The van der Waals surface area contributed by atoms with Gasteiger partial charge in [0.2, 0.25) is 5.91 Å². The summed E-state index contributed by atoms with van der Waals surface area (Å²) in [6.07, 6.45) is 2.91. The van der Waals surface area contributed by atoms with E-state index in [2.05, 4.69) is 10.4 Å². The number of carbonyl (C=O) groups excluding carboxylic acids is 1. The molecule has 2 aromatic rings. The molecule has 0 radical (unpaired) electrons. The van der Waals surface area contributed by atoms with Gasteiger partial charge in [-0.15, -0.1) is 0 Å². The average Bonchev–Trinajstić information content (AvgIpc) is 2.96. The van der Waals surface area contributed by atoms with E-state index in [1.807, 2.05) is 0 Å². The van der Waals surface area contributed by atoms with Gasteiger partial charge in [-0.25, -0.2) is 17.9 Å². The van der Waals surface area contributed by atoms with Gasteiger partial charge in [0.25, 0.3) is 0 Å². The largest absolute Gasteiger partial charge is 0.476 e. The van der Waals surface area contributed by atoms with Crippen molar-refractivity contribution in [3.8, 4) is 5.69 Å². The molecule has 2 N–H and O–H groups in total. The van der Waals surface area contributed by atoms with Crippen LogP contribution in [0, 0.1) is 0 Å². The topological polar surface area (TPSA) is 118 Å². The van der Waals surface area contributed by atoms with Crippen molar-refractivity contribution in [1.82, 2.24) is 9.78 Å². The second kappa shape index (κ2) is 7.26. The fourth-order valence-electron chi connectivity index (χ4n) is 2.06. The lowest BCUT2D eigenvalue weighted by atomic mass is 10.2. The lowest BCUT2D eigenvalue weighted by molar-refractivity contribution is -0.116. The van der Waals surface area contributed by atoms with Crippen molar-refractivity contribution in [3.63, 3.8) is 0 Å². The molecule has 2 rings (SSSR count). The highest BCUT2D eigenvalue weighted by molar-refractivity contribution is 7.90. The number of benzene rings is 1. The molecule has 24 heavy (non-hydrogen) atoms. The molecule has 0 spiro atoms. The third-order valence-corrected chi connectivity index (χ3v) is 4.18. The van der Waals surface area contributed by atoms with E-state index in [1.54, 1.807) is 24.3 Å². The lowest BCUT2D eigenvalue weighted by Gasteiger charge is -2.11. The summed E-state index contributed by atoms with van der Waals surface area (Å²) in [6, 6.07) is 8.15. The molecule has 0 saturated carbocycles. The van der Waals surface area contributed by atoms with Crippen molar-refractivity contribution < 1.29 is 23.1 Å². The van der Waals surface area contributed by atoms with Crippen LogP contribution < -0.4 is 5.32 Å². The first kappa shape index (κ1) is 17.7. The Morgan fingerprint density at radius 1 is 1.25 bits per heavy atom. The summed E-state index contributed by atoms with van der Waals surface area (Å²) in [4.78, 5) is 22.9. The van der Waals surface area contributed by atoms with Gasteiger partial charge in [0.1, 0.15) is 9.84 Å². The van der Waals surface area contributed by atoms with Gasteiger partial charge in [-0.2, -0.15) is 5.10 Å². The minimum Gasteiger partial charge on any atom is -0.476 e. The molecule has 9 heteroatoms. The molecular weight excluding hydrogens is 334 g/mol. The SMILES string of the molecule is CS(=O)(=O)CCCC(=O)Nc1ccccc1-n1ccc(C(=O)O)n1. The number of carboxylic acid groups (broad SMARTS) is 1. The van der Waals surface area contributed by atoms with Crippen LogP contribution in [0.15, 0.2) is 36.5 Å². The highest BCUT2D eigenvalue weighted by atomic mass is 32.2. The Balaban J connectivity index is 2.11. The van der Waals surface area contributed by atoms with E-state index in [9.17, 15) is 18.0 Å². The Kier molecular flexibility index (Phi) is 5.35. The third kappa shape index (κ3) is 4.92. The predicted molar refractivity (Wildman–Crippen MR) is 88.1 cm³/mol. The number of nitrogens with zero attached hydrogens (tertiary/aromatic N) is 2. The Labute approximate surface area is 139 Å². The summed E-state index contributed by atoms with van der Waals surface area (Å²) < 4.78 is 23.5. The smallest absolute Gasteiger partial charge is 0.356 e. The van der Waals surface area contributed by atoms with Gasteiger partial charge in [-0.05, 0) is 24.6 Å². The third-order valence-electron chi connectivity index (χ3n) is 3.15. The Morgan fingerprint density at radius 2 is 1.96 bits per heavy atom. The molecule has 0 aliphatic rings. The van der Waals surface area contributed by atoms with Crippen LogP contribution in [0.2, 0.25) is 0 Å². The molecule has 128 valence electrons. The Morgan fingerprint density at radius 3 is 2.58 bits per heavy atom. The van der Waals surface area contributed by atoms with E-state index < -0.39 is 15.8 Å². The van der Waals surface area contributed by atoms with Gasteiger partial charge < -0.3 is 10.4 Å². The zero-order chi connectivity index (χ0) is 17.7. The van der Waals surface area contributed by atoms with E-state index in [4.69, 9.17) is 5.11 Å². The number of nitrogens with one attached hydrogen (secondary N) is 1. The summed E-state index contributed by atoms with van der Waals surface area (Å²) in [5, 5.41) is 15.5. The van der Waals surface area contributed by atoms with Gasteiger partial charge in [-0.1, -0.05) is 12.1 Å². The number of carbonyl (C=O) groups is 2. The number of hydrogen-bond acceptors (Lipinski definition) is 5. The van der Waals surface area contributed by atoms with Crippen LogP contribution in [0.25, 0.3) is 5.69 Å². The van der Waals surface area contributed by atoms with Crippen molar-refractivity contribution in [2.75, 3.05) is 17.3 Å². The van der Waals surface area contributed by atoms with Crippen molar-refractivity contribution in [2.24, 2.45) is 0 Å². The number of hydrogen-bond donors (Lipinski definition) is 2. The lowest BCUT2D eigenvalue weighted by Crippen LogP contribution is -2.15.